The number of anilines is 1. The van der Waals surface area contributed by atoms with Crippen LogP contribution in [-0.2, 0) is 16.1 Å². The number of rotatable bonds is 6. The number of nitriles is 1. The molecule has 3 atom stereocenters. The van der Waals surface area contributed by atoms with Gasteiger partial charge >= 0.3 is 0 Å². The molecular formula is C42H42N12O4. The van der Waals surface area contributed by atoms with Gasteiger partial charge in [-0.3, -0.25) is 34.4 Å². The number of hydrogen-bond acceptors (Lipinski definition) is 12. The van der Waals surface area contributed by atoms with Gasteiger partial charge in [-0.2, -0.15) is 15.5 Å². The largest absolute Gasteiger partial charge is 0.387 e. The fourth-order valence-electron chi connectivity index (χ4n) is 9.93. The molecule has 3 aromatic heterocycles. The number of likely N-dealkylation sites (tertiary alicyclic amines) is 2. The Labute approximate surface area is 334 Å². The van der Waals surface area contributed by atoms with E-state index in [1.165, 1.54) is 4.90 Å². The molecule has 9 heterocycles. The average Bonchev–Trinajstić information content (AvgIpc) is 4.04. The number of aromatic nitrogens is 3. The van der Waals surface area contributed by atoms with Crippen molar-refractivity contribution in [3.8, 4) is 17.5 Å². The molecule has 4 saturated heterocycles. The lowest BCUT2D eigenvalue weighted by molar-refractivity contribution is -0.136. The van der Waals surface area contributed by atoms with Crippen LogP contribution in [0, 0.1) is 11.3 Å². The maximum atomic E-state index is 13.7. The highest BCUT2D eigenvalue weighted by Crippen LogP contribution is 2.37. The van der Waals surface area contributed by atoms with Crippen molar-refractivity contribution in [2.75, 3.05) is 38.5 Å². The third kappa shape index (κ3) is 6.08. The first-order chi connectivity index (χ1) is 28.3. The fourth-order valence-corrected chi connectivity index (χ4v) is 9.93. The van der Waals surface area contributed by atoms with E-state index in [4.69, 9.17) is 10.1 Å². The molecule has 0 spiro atoms. The number of hydrogen-bond donors (Lipinski definition) is 2. The van der Waals surface area contributed by atoms with Crippen molar-refractivity contribution in [1.29, 1.82) is 5.26 Å². The summed E-state index contributed by atoms with van der Waals surface area (Å²) in [6, 6.07) is 15.7. The van der Waals surface area contributed by atoms with E-state index < -0.39 is 11.9 Å². The molecular weight excluding hydrogens is 737 g/mol. The minimum absolute atomic E-state index is 0.0758. The average molecular weight is 779 g/mol. The summed E-state index contributed by atoms with van der Waals surface area (Å²) in [7, 11) is 1.89. The fraction of sp³-hybridized carbons (Fsp3) is 0.405. The summed E-state index contributed by atoms with van der Waals surface area (Å²) in [6.07, 6.45) is 8.60. The third-order valence-corrected chi connectivity index (χ3v) is 12.8. The van der Waals surface area contributed by atoms with E-state index in [0.29, 0.717) is 67.3 Å². The van der Waals surface area contributed by atoms with Crippen molar-refractivity contribution in [3.05, 3.63) is 82.7 Å². The number of nitrogens with zero attached hydrogens (tertiary/aromatic N) is 10. The number of amides is 4. The predicted octanol–water partition coefficient (Wildman–Crippen LogP) is 3.03. The summed E-state index contributed by atoms with van der Waals surface area (Å²) in [5, 5.41) is 28.7. The van der Waals surface area contributed by atoms with Gasteiger partial charge in [-0.25, -0.2) is 4.52 Å². The molecule has 4 aromatic rings. The van der Waals surface area contributed by atoms with Crippen LogP contribution in [-0.4, -0.2) is 127 Å². The lowest BCUT2D eigenvalue weighted by Gasteiger charge is -2.47. The van der Waals surface area contributed by atoms with Gasteiger partial charge in [0.05, 0.1) is 40.8 Å². The van der Waals surface area contributed by atoms with Crippen LogP contribution in [0.3, 0.4) is 0 Å². The molecule has 58 heavy (non-hydrogen) atoms. The van der Waals surface area contributed by atoms with Gasteiger partial charge in [0.15, 0.2) is 0 Å². The Morgan fingerprint density at radius 1 is 0.914 bits per heavy atom. The van der Waals surface area contributed by atoms with E-state index in [2.05, 4.69) is 36.7 Å². The van der Waals surface area contributed by atoms with Crippen molar-refractivity contribution in [2.45, 2.75) is 75.7 Å². The molecule has 0 saturated carbocycles. The molecule has 2 N–H and O–H groups in total. The number of amidine groups is 1. The second-order valence-corrected chi connectivity index (χ2v) is 16.0. The molecule has 6 aliphatic heterocycles. The standard InChI is InChI=1S/C42H42N12O4/c1-44-33-16-35(36-7-6-28-14-24(18-43)19-46-54(28)36)45-20-32(33)34-17-38(49-48-34)51-22-29-4-5-30(23-51)53(29)27-10-12-50(13-11-27)41(57)25-2-3-26-21-52(42(58)31(26)15-25)37-8-9-39(55)47-40(37)56/h2-3,6-7,14-16,19-20,27,29-30,37H,4-5,8-13,17,21-23H2,1H3,(H,44,45)(H,47,55,56). The highest BCUT2D eigenvalue weighted by atomic mass is 16.2. The van der Waals surface area contributed by atoms with E-state index in [9.17, 15) is 24.4 Å². The lowest BCUT2D eigenvalue weighted by atomic mass is 9.98. The quantitative estimate of drug-likeness (QED) is 0.276. The number of imide groups is 1. The second kappa shape index (κ2) is 14.2. The van der Waals surface area contributed by atoms with Crippen molar-refractivity contribution < 1.29 is 19.2 Å². The smallest absolute Gasteiger partial charge is 0.255 e. The van der Waals surface area contributed by atoms with Crippen LogP contribution in [0.4, 0.5) is 5.69 Å². The van der Waals surface area contributed by atoms with Crippen LogP contribution in [0.2, 0.25) is 0 Å². The molecule has 16 nitrogen and oxygen atoms in total. The topological polar surface area (TPSA) is 184 Å². The van der Waals surface area contributed by atoms with Crippen LogP contribution < -0.4 is 10.6 Å². The number of benzene rings is 1. The van der Waals surface area contributed by atoms with Crippen LogP contribution in [0.1, 0.15) is 82.4 Å². The van der Waals surface area contributed by atoms with E-state index >= 15 is 0 Å². The molecule has 16 heteroatoms. The summed E-state index contributed by atoms with van der Waals surface area (Å²) < 4.78 is 1.79. The first kappa shape index (κ1) is 35.9. The Balaban J connectivity index is 0.747. The van der Waals surface area contributed by atoms with Crippen molar-refractivity contribution in [3.63, 3.8) is 0 Å². The molecule has 4 amide bonds. The van der Waals surface area contributed by atoms with Gasteiger partial charge in [-0.1, -0.05) is 6.07 Å². The van der Waals surface area contributed by atoms with Crippen LogP contribution in [0.5, 0.6) is 0 Å². The van der Waals surface area contributed by atoms with E-state index in [0.717, 1.165) is 84.0 Å². The number of carbonyl (C=O) groups excluding carboxylic acids is 4. The Morgan fingerprint density at radius 3 is 2.48 bits per heavy atom. The maximum absolute atomic E-state index is 13.7. The van der Waals surface area contributed by atoms with Gasteiger partial charge in [-0.15, -0.1) is 5.10 Å². The highest BCUT2D eigenvalue weighted by molar-refractivity contribution is 6.16. The van der Waals surface area contributed by atoms with E-state index in [-0.39, 0.29) is 24.1 Å². The minimum Gasteiger partial charge on any atom is -0.387 e. The highest BCUT2D eigenvalue weighted by Gasteiger charge is 2.46. The van der Waals surface area contributed by atoms with E-state index in [1.807, 2.05) is 42.4 Å². The number of nitrogens with one attached hydrogen (secondary N) is 2. The number of carbonyl (C=O) groups is 4. The minimum atomic E-state index is -0.684. The number of piperidine rings is 2. The molecule has 4 fully saturated rings. The van der Waals surface area contributed by atoms with Crippen molar-refractivity contribution >= 4 is 46.4 Å². The van der Waals surface area contributed by atoms with Crippen molar-refractivity contribution in [1.82, 2.24) is 39.5 Å². The van der Waals surface area contributed by atoms with Gasteiger partial charge in [0.25, 0.3) is 11.8 Å². The molecule has 0 radical (unpaired) electrons. The van der Waals surface area contributed by atoms with Crippen LogP contribution in [0.15, 0.2) is 65.1 Å². The normalized spacial score (nSPS) is 23.6. The summed E-state index contributed by atoms with van der Waals surface area (Å²) in [5.41, 5.74) is 7.34. The summed E-state index contributed by atoms with van der Waals surface area (Å²) >= 11 is 0. The van der Waals surface area contributed by atoms with Crippen LogP contribution in [0.25, 0.3) is 16.9 Å². The van der Waals surface area contributed by atoms with Gasteiger partial charge in [0, 0.05) is 92.9 Å². The third-order valence-electron chi connectivity index (χ3n) is 12.8. The molecule has 6 aliphatic rings. The Morgan fingerprint density at radius 2 is 1.72 bits per heavy atom. The van der Waals surface area contributed by atoms with Gasteiger partial charge in [0.1, 0.15) is 17.9 Å². The summed E-state index contributed by atoms with van der Waals surface area (Å²) in [4.78, 5) is 64.6. The number of fused-ring (bicyclic) bond motifs is 4. The van der Waals surface area contributed by atoms with Gasteiger partial charge in [0.2, 0.25) is 11.8 Å². The Kier molecular flexibility index (Phi) is 8.77. The Bertz CT molecular complexity index is 2500. The van der Waals surface area contributed by atoms with E-state index in [1.54, 1.807) is 28.9 Å². The zero-order valence-corrected chi connectivity index (χ0v) is 32.1. The molecule has 10 rings (SSSR count). The van der Waals surface area contributed by atoms with Crippen molar-refractivity contribution in [2.24, 2.45) is 10.2 Å². The molecule has 1 aromatic carbocycles. The predicted molar refractivity (Wildman–Crippen MR) is 213 cm³/mol. The molecule has 2 bridgehead atoms. The second-order valence-electron chi connectivity index (χ2n) is 16.0. The molecule has 294 valence electrons. The lowest BCUT2D eigenvalue weighted by Crippen LogP contribution is -2.60. The molecule has 0 aliphatic carbocycles. The van der Waals surface area contributed by atoms with Gasteiger partial charge in [-0.05, 0) is 74.1 Å². The first-order valence-corrected chi connectivity index (χ1v) is 20.1. The SMILES string of the molecule is CNc1cc(-c2ccc3cc(C#N)cnn23)ncc1C1=NN=C(N2CC3CCC(C2)N3C2CCN(C(=O)c3ccc4c(c3)C(=O)N(C3CCC(=O)NC3=O)C4)CC2)C1. The molecule has 3 unspecified atom stereocenters. The summed E-state index contributed by atoms with van der Waals surface area (Å²) in [5.74, 6) is -0.123. The summed E-state index contributed by atoms with van der Waals surface area (Å²) in [6.45, 7) is 3.39. The maximum Gasteiger partial charge on any atom is 0.255 e. The zero-order chi connectivity index (χ0) is 39.7. The Hall–Kier alpha value is -6.47. The monoisotopic (exact) mass is 778 g/mol. The van der Waals surface area contributed by atoms with Crippen LogP contribution >= 0.6 is 0 Å². The number of pyridine rings is 1. The zero-order valence-electron chi connectivity index (χ0n) is 32.1. The first-order valence-electron chi connectivity index (χ1n) is 20.1. The number of piperazine rings is 1. The van der Waals surface area contributed by atoms with Gasteiger partial charge < -0.3 is 20.0 Å².